The van der Waals surface area contributed by atoms with E-state index in [-0.39, 0.29) is 12.3 Å². The summed E-state index contributed by atoms with van der Waals surface area (Å²) in [5.74, 6) is -2.60. The van der Waals surface area contributed by atoms with Crippen molar-refractivity contribution in [3.63, 3.8) is 0 Å². The van der Waals surface area contributed by atoms with Crippen molar-refractivity contribution in [2.24, 2.45) is 5.92 Å². The van der Waals surface area contributed by atoms with Crippen molar-refractivity contribution in [2.45, 2.75) is 26.1 Å². The lowest BCUT2D eigenvalue weighted by atomic mass is 10.0. The number of hydrogen-bond donors (Lipinski definition) is 1. The zero-order chi connectivity index (χ0) is 17.8. The summed E-state index contributed by atoms with van der Waals surface area (Å²) < 4.78 is 0. The Hall–Kier alpha value is -3.02. The quantitative estimate of drug-likeness (QED) is 0.835. The van der Waals surface area contributed by atoms with Gasteiger partial charge in [-0.3, -0.25) is 19.4 Å². The van der Waals surface area contributed by atoms with Crippen LogP contribution in [0.1, 0.15) is 18.1 Å². The standard InChI is InChI=1S/C19H19N3O3/c1-13-17(23)16(18(24)21-11-14-7-9-20-10-8-14)19(25)22(13)12-15-5-3-2-4-6-15/h2-10,13,16H,11-12H2,1H3,(H,21,24). The number of rotatable bonds is 5. The van der Waals surface area contributed by atoms with Crippen molar-refractivity contribution in [3.8, 4) is 0 Å². The summed E-state index contributed by atoms with van der Waals surface area (Å²) in [4.78, 5) is 42.8. The van der Waals surface area contributed by atoms with Crippen LogP contribution in [-0.2, 0) is 27.5 Å². The van der Waals surface area contributed by atoms with Gasteiger partial charge >= 0.3 is 0 Å². The van der Waals surface area contributed by atoms with Gasteiger partial charge in [-0.1, -0.05) is 30.3 Å². The van der Waals surface area contributed by atoms with E-state index in [4.69, 9.17) is 0 Å². The van der Waals surface area contributed by atoms with Crippen LogP contribution >= 0.6 is 0 Å². The number of amides is 2. The molecule has 1 aliphatic rings. The number of pyridine rings is 1. The SMILES string of the molecule is CC1C(=O)C(C(=O)NCc2ccncc2)C(=O)N1Cc1ccccc1. The number of nitrogens with zero attached hydrogens (tertiary/aromatic N) is 2. The second kappa shape index (κ2) is 7.25. The molecule has 6 nitrogen and oxygen atoms in total. The highest BCUT2D eigenvalue weighted by molar-refractivity contribution is 6.23. The van der Waals surface area contributed by atoms with Gasteiger partial charge in [0.15, 0.2) is 11.7 Å². The summed E-state index contributed by atoms with van der Waals surface area (Å²) in [6, 6.07) is 12.3. The molecule has 1 aliphatic heterocycles. The predicted molar refractivity (Wildman–Crippen MR) is 91.0 cm³/mol. The third kappa shape index (κ3) is 3.57. The van der Waals surface area contributed by atoms with Gasteiger partial charge in [0.2, 0.25) is 11.8 Å². The minimum atomic E-state index is -1.26. The summed E-state index contributed by atoms with van der Waals surface area (Å²) in [5.41, 5.74) is 1.78. The van der Waals surface area contributed by atoms with Gasteiger partial charge in [0.1, 0.15) is 0 Å². The number of hydrogen-bond acceptors (Lipinski definition) is 4. The van der Waals surface area contributed by atoms with Gasteiger partial charge < -0.3 is 10.2 Å². The maximum absolute atomic E-state index is 12.6. The molecule has 2 amide bonds. The average molecular weight is 337 g/mol. The van der Waals surface area contributed by atoms with E-state index >= 15 is 0 Å². The van der Waals surface area contributed by atoms with Crippen LogP contribution in [0.25, 0.3) is 0 Å². The van der Waals surface area contributed by atoms with E-state index in [2.05, 4.69) is 10.3 Å². The van der Waals surface area contributed by atoms with E-state index in [1.807, 2.05) is 30.3 Å². The Labute approximate surface area is 145 Å². The second-order valence-electron chi connectivity index (χ2n) is 6.04. The lowest BCUT2D eigenvalue weighted by molar-refractivity contribution is -0.140. The fraction of sp³-hybridized carbons (Fsp3) is 0.263. The topological polar surface area (TPSA) is 79.4 Å². The summed E-state index contributed by atoms with van der Waals surface area (Å²) in [7, 11) is 0. The zero-order valence-corrected chi connectivity index (χ0v) is 13.9. The van der Waals surface area contributed by atoms with E-state index in [0.29, 0.717) is 6.54 Å². The molecular weight excluding hydrogens is 318 g/mol. The molecule has 1 aromatic carbocycles. The molecule has 128 valence electrons. The van der Waals surface area contributed by atoms with Crippen LogP contribution in [0.2, 0.25) is 0 Å². The normalized spacial score (nSPS) is 20.0. The van der Waals surface area contributed by atoms with Crippen molar-refractivity contribution in [2.75, 3.05) is 0 Å². The van der Waals surface area contributed by atoms with Gasteiger partial charge in [0.25, 0.3) is 0 Å². The number of carbonyl (C=O) groups excluding carboxylic acids is 3. The molecule has 25 heavy (non-hydrogen) atoms. The van der Waals surface area contributed by atoms with Crippen LogP contribution in [-0.4, -0.2) is 33.5 Å². The summed E-state index contributed by atoms with van der Waals surface area (Å²) in [5, 5.41) is 2.67. The molecule has 0 aliphatic carbocycles. The van der Waals surface area contributed by atoms with Gasteiger partial charge in [0.05, 0.1) is 6.04 Å². The van der Waals surface area contributed by atoms with E-state index < -0.39 is 23.8 Å². The molecule has 2 heterocycles. The Balaban J connectivity index is 1.68. The Morgan fingerprint density at radius 1 is 1.08 bits per heavy atom. The van der Waals surface area contributed by atoms with Gasteiger partial charge in [-0.15, -0.1) is 0 Å². The summed E-state index contributed by atoms with van der Waals surface area (Å²) in [6.07, 6.45) is 3.24. The van der Waals surface area contributed by atoms with Crippen molar-refractivity contribution in [1.29, 1.82) is 0 Å². The molecule has 3 rings (SSSR count). The Kier molecular flexibility index (Phi) is 4.88. The minimum absolute atomic E-state index is 0.255. The maximum atomic E-state index is 12.6. The maximum Gasteiger partial charge on any atom is 0.243 e. The Bertz CT molecular complexity index is 777. The number of likely N-dealkylation sites (tertiary alicyclic amines) is 1. The van der Waals surface area contributed by atoms with Crippen molar-refractivity contribution in [1.82, 2.24) is 15.2 Å². The first kappa shape index (κ1) is 16.8. The van der Waals surface area contributed by atoms with E-state index in [9.17, 15) is 14.4 Å². The van der Waals surface area contributed by atoms with Crippen LogP contribution in [0.4, 0.5) is 0 Å². The smallest absolute Gasteiger partial charge is 0.243 e. The molecule has 6 heteroatoms. The van der Waals surface area contributed by atoms with Crippen molar-refractivity contribution >= 4 is 17.6 Å². The Morgan fingerprint density at radius 3 is 2.44 bits per heavy atom. The van der Waals surface area contributed by atoms with Crippen LogP contribution in [0.5, 0.6) is 0 Å². The largest absolute Gasteiger partial charge is 0.351 e. The lowest BCUT2D eigenvalue weighted by Crippen LogP contribution is -2.38. The first-order valence-electron chi connectivity index (χ1n) is 8.12. The average Bonchev–Trinajstić information content (AvgIpc) is 2.85. The van der Waals surface area contributed by atoms with Gasteiger partial charge in [-0.05, 0) is 30.2 Å². The number of Topliss-reactive ketones (excluding diaryl/α,β-unsaturated/α-hetero) is 1. The molecule has 1 aromatic heterocycles. The molecule has 1 fully saturated rings. The van der Waals surface area contributed by atoms with Crippen LogP contribution < -0.4 is 5.32 Å². The third-order valence-electron chi connectivity index (χ3n) is 4.37. The van der Waals surface area contributed by atoms with Gasteiger partial charge in [-0.2, -0.15) is 0 Å². The fourth-order valence-corrected chi connectivity index (χ4v) is 2.90. The molecule has 0 spiro atoms. The lowest BCUT2D eigenvalue weighted by Gasteiger charge is -2.20. The molecule has 0 saturated carbocycles. The zero-order valence-electron chi connectivity index (χ0n) is 13.9. The van der Waals surface area contributed by atoms with Crippen LogP contribution in [0, 0.1) is 5.92 Å². The number of benzene rings is 1. The van der Waals surface area contributed by atoms with Crippen LogP contribution in [0.3, 0.4) is 0 Å². The van der Waals surface area contributed by atoms with Gasteiger partial charge in [-0.25, -0.2) is 0 Å². The first-order valence-corrected chi connectivity index (χ1v) is 8.12. The second-order valence-corrected chi connectivity index (χ2v) is 6.04. The number of carbonyl (C=O) groups is 3. The molecule has 1 saturated heterocycles. The van der Waals surface area contributed by atoms with E-state index in [1.165, 1.54) is 4.90 Å². The molecular formula is C19H19N3O3. The highest BCUT2D eigenvalue weighted by atomic mass is 16.2. The predicted octanol–water partition coefficient (Wildman–Crippen LogP) is 1.31. The fourth-order valence-electron chi connectivity index (χ4n) is 2.90. The molecule has 2 aromatic rings. The van der Waals surface area contributed by atoms with Crippen molar-refractivity contribution in [3.05, 3.63) is 66.0 Å². The monoisotopic (exact) mass is 337 g/mol. The highest BCUT2D eigenvalue weighted by Gasteiger charge is 2.48. The Morgan fingerprint density at radius 2 is 1.76 bits per heavy atom. The molecule has 0 bridgehead atoms. The molecule has 1 N–H and O–H groups in total. The van der Waals surface area contributed by atoms with Crippen molar-refractivity contribution < 1.29 is 14.4 Å². The van der Waals surface area contributed by atoms with Crippen LogP contribution in [0.15, 0.2) is 54.9 Å². The number of nitrogens with one attached hydrogen (secondary N) is 1. The summed E-state index contributed by atoms with van der Waals surface area (Å²) in [6.45, 7) is 2.24. The van der Waals surface area contributed by atoms with E-state index in [0.717, 1.165) is 11.1 Å². The summed E-state index contributed by atoms with van der Waals surface area (Å²) >= 11 is 0. The van der Waals surface area contributed by atoms with E-state index in [1.54, 1.807) is 31.5 Å². The highest BCUT2D eigenvalue weighted by Crippen LogP contribution is 2.23. The number of ketones is 1. The first-order chi connectivity index (χ1) is 12.1. The number of aromatic nitrogens is 1. The molecule has 2 atom stereocenters. The van der Waals surface area contributed by atoms with Gasteiger partial charge in [0, 0.05) is 25.5 Å². The molecule has 0 radical (unpaired) electrons. The molecule has 2 unspecified atom stereocenters. The third-order valence-corrected chi connectivity index (χ3v) is 4.37. The minimum Gasteiger partial charge on any atom is -0.351 e.